The number of nitrogens with zero attached hydrogens (tertiary/aromatic N) is 1. The van der Waals surface area contributed by atoms with Crippen molar-refractivity contribution in [3.05, 3.63) is 65.2 Å². The molecule has 2 aromatic rings. The molecular formula is C22H25F3N2O2. The second kappa shape index (κ2) is 7.71. The maximum atomic E-state index is 13.5. The first-order chi connectivity index (χ1) is 13.6. The molecule has 0 spiro atoms. The molecular weight excluding hydrogens is 381 g/mol. The largest absolute Gasteiger partial charge is 0.413 e. The number of alkyl halides is 3. The number of rotatable bonds is 5. The second-order valence-corrected chi connectivity index (χ2v) is 8.01. The Morgan fingerprint density at radius 3 is 2.38 bits per heavy atom. The Hall–Kier alpha value is -2.54. The van der Waals surface area contributed by atoms with Crippen LogP contribution in [0.5, 0.6) is 0 Å². The minimum atomic E-state index is -4.65. The first-order valence-corrected chi connectivity index (χ1v) is 9.44. The van der Waals surface area contributed by atoms with Crippen molar-refractivity contribution in [1.82, 2.24) is 4.90 Å². The Labute approximate surface area is 168 Å². The van der Waals surface area contributed by atoms with E-state index in [-0.39, 0.29) is 17.0 Å². The van der Waals surface area contributed by atoms with E-state index < -0.39 is 24.7 Å². The molecule has 3 rings (SSSR count). The highest BCUT2D eigenvalue weighted by atomic mass is 19.4. The third kappa shape index (κ3) is 4.10. The lowest BCUT2D eigenvalue weighted by atomic mass is 9.83. The molecule has 2 N–H and O–H groups in total. The van der Waals surface area contributed by atoms with Crippen LogP contribution >= 0.6 is 0 Å². The molecule has 0 radical (unpaired) electrons. The summed E-state index contributed by atoms with van der Waals surface area (Å²) < 4.78 is 40.6. The van der Waals surface area contributed by atoms with Gasteiger partial charge >= 0.3 is 6.18 Å². The van der Waals surface area contributed by atoms with Gasteiger partial charge in [-0.15, -0.1) is 0 Å². The fraction of sp³-hybridized carbons (Fsp3) is 0.409. The number of nitrogens with one attached hydrogen (secondary N) is 1. The summed E-state index contributed by atoms with van der Waals surface area (Å²) in [6.45, 7) is 3.33. The molecule has 7 heteroatoms. The van der Waals surface area contributed by atoms with Crippen LogP contribution < -0.4 is 5.32 Å². The maximum absolute atomic E-state index is 13.5. The topological polar surface area (TPSA) is 52.6 Å². The van der Waals surface area contributed by atoms with Crippen molar-refractivity contribution in [3.8, 4) is 0 Å². The molecule has 29 heavy (non-hydrogen) atoms. The molecule has 2 atom stereocenters. The van der Waals surface area contributed by atoms with Crippen LogP contribution in [0.15, 0.2) is 48.5 Å². The third-order valence-corrected chi connectivity index (χ3v) is 5.80. The standard InChI is InChI=1S/C22H25F3N2O2/c1-21(2)17-7-5-4-6-15(17)12-18(21)26-16-10-8-14(9-11-16)20(22(23,24)25)27(3)19(29)13-28/h4-11,18,20,26,28H,12-13H2,1-3H3. The SMILES string of the molecule is CN(C(=O)CO)C(c1ccc(NC2Cc3ccccc3C2(C)C)cc1)C(F)(F)F. The van der Waals surface area contributed by atoms with Gasteiger partial charge in [0.25, 0.3) is 0 Å². The number of aliphatic hydroxyl groups excluding tert-OH is 1. The number of amides is 1. The third-order valence-electron chi connectivity index (χ3n) is 5.80. The predicted octanol–water partition coefficient (Wildman–Crippen LogP) is 4.06. The molecule has 2 unspecified atom stereocenters. The highest BCUT2D eigenvalue weighted by molar-refractivity contribution is 5.77. The molecule has 0 saturated heterocycles. The molecule has 1 aliphatic rings. The molecule has 1 amide bonds. The summed E-state index contributed by atoms with van der Waals surface area (Å²) in [4.78, 5) is 12.1. The molecule has 1 aliphatic carbocycles. The fourth-order valence-corrected chi connectivity index (χ4v) is 4.07. The zero-order valence-corrected chi connectivity index (χ0v) is 16.6. The Bertz CT molecular complexity index is 878. The van der Waals surface area contributed by atoms with Gasteiger partial charge in [0.2, 0.25) is 5.91 Å². The number of halogens is 3. The van der Waals surface area contributed by atoms with Gasteiger partial charge in [-0.1, -0.05) is 50.2 Å². The van der Waals surface area contributed by atoms with Gasteiger partial charge in [-0.2, -0.15) is 13.2 Å². The van der Waals surface area contributed by atoms with Crippen LogP contribution in [0.4, 0.5) is 18.9 Å². The van der Waals surface area contributed by atoms with Gasteiger partial charge in [0, 0.05) is 24.2 Å². The normalized spacial score (nSPS) is 18.8. The zero-order valence-electron chi connectivity index (χ0n) is 16.6. The Morgan fingerprint density at radius 2 is 1.83 bits per heavy atom. The van der Waals surface area contributed by atoms with Crippen LogP contribution in [-0.4, -0.2) is 41.8 Å². The van der Waals surface area contributed by atoms with E-state index in [1.807, 2.05) is 12.1 Å². The van der Waals surface area contributed by atoms with Crippen molar-refractivity contribution in [3.63, 3.8) is 0 Å². The molecule has 156 valence electrons. The fourth-order valence-electron chi connectivity index (χ4n) is 4.07. The molecule has 0 saturated carbocycles. The Morgan fingerprint density at radius 1 is 1.21 bits per heavy atom. The van der Waals surface area contributed by atoms with Crippen LogP contribution in [0, 0.1) is 0 Å². The van der Waals surface area contributed by atoms with Crippen molar-refractivity contribution in [2.45, 2.75) is 43.9 Å². The highest BCUT2D eigenvalue weighted by Crippen LogP contribution is 2.41. The van der Waals surface area contributed by atoms with Crippen molar-refractivity contribution in [2.24, 2.45) is 0 Å². The molecule has 0 aliphatic heterocycles. The summed E-state index contributed by atoms with van der Waals surface area (Å²) >= 11 is 0. The first kappa shape index (κ1) is 21.2. The van der Waals surface area contributed by atoms with E-state index in [0.717, 1.165) is 19.2 Å². The van der Waals surface area contributed by atoms with Crippen molar-refractivity contribution in [2.75, 3.05) is 19.0 Å². The molecule has 4 nitrogen and oxygen atoms in total. The summed E-state index contributed by atoms with van der Waals surface area (Å²) in [5, 5.41) is 12.4. The zero-order chi connectivity index (χ0) is 21.4. The number of likely N-dealkylation sites (N-methyl/N-ethyl adjacent to an activating group) is 1. The highest BCUT2D eigenvalue weighted by Gasteiger charge is 2.45. The van der Waals surface area contributed by atoms with E-state index >= 15 is 0 Å². The Balaban J connectivity index is 1.80. The summed E-state index contributed by atoms with van der Waals surface area (Å²) in [5.41, 5.74) is 3.10. The van der Waals surface area contributed by atoms with E-state index in [1.165, 1.54) is 23.3 Å². The lowest BCUT2D eigenvalue weighted by Gasteiger charge is -2.31. The average Bonchev–Trinajstić information content (AvgIpc) is 2.92. The van der Waals surface area contributed by atoms with Gasteiger partial charge in [0.15, 0.2) is 6.04 Å². The average molecular weight is 406 g/mol. The molecule has 2 aromatic carbocycles. The number of aliphatic hydroxyl groups is 1. The van der Waals surface area contributed by atoms with Crippen molar-refractivity contribution >= 4 is 11.6 Å². The maximum Gasteiger partial charge on any atom is 0.413 e. The number of hydrogen-bond donors (Lipinski definition) is 2. The smallest absolute Gasteiger partial charge is 0.387 e. The summed E-state index contributed by atoms with van der Waals surface area (Å²) in [7, 11) is 1.04. The number of carbonyl (C=O) groups is 1. The van der Waals surface area contributed by atoms with Gasteiger partial charge in [-0.05, 0) is 35.2 Å². The lowest BCUT2D eigenvalue weighted by Crippen LogP contribution is -2.41. The van der Waals surface area contributed by atoms with Crippen molar-refractivity contribution in [1.29, 1.82) is 0 Å². The van der Waals surface area contributed by atoms with Gasteiger partial charge in [0.1, 0.15) is 6.61 Å². The monoisotopic (exact) mass is 406 g/mol. The van der Waals surface area contributed by atoms with Crippen LogP contribution in [0.25, 0.3) is 0 Å². The number of hydrogen-bond acceptors (Lipinski definition) is 3. The quantitative estimate of drug-likeness (QED) is 0.788. The molecule has 0 aromatic heterocycles. The van der Waals surface area contributed by atoms with Crippen LogP contribution in [-0.2, 0) is 16.6 Å². The van der Waals surface area contributed by atoms with Crippen LogP contribution in [0.3, 0.4) is 0 Å². The Kier molecular flexibility index (Phi) is 5.63. The molecule has 0 heterocycles. The molecule has 0 fully saturated rings. The van der Waals surface area contributed by atoms with Crippen LogP contribution in [0.2, 0.25) is 0 Å². The van der Waals surface area contributed by atoms with E-state index in [0.29, 0.717) is 4.90 Å². The minimum Gasteiger partial charge on any atom is -0.387 e. The van der Waals surface area contributed by atoms with E-state index in [1.54, 1.807) is 12.1 Å². The number of carbonyl (C=O) groups excluding carboxylic acids is 1. The minimum absolute atomic E-state index is 0.0543. The first-order valence-electron chi connectivity index (χ1n) is 9.44. The van der Waals surface area contributed by atoms with Gasteiger partial charge in [0.05, 0.1) is 0 Å². The van der Waals surface area contributed by atoms with E-state index in [2.05, 4.69) is 31.3 Å². The summed E-state index contributed by atoms with van der Waals surface area (Å²) in [5.74, 6) is -0.986. The summed E-state index contributed by atoms with van der Waals surface area (Å²) in [6.07, 6.45) is -3.81. The second-order valence-electron chi connectivity index (χ2n) is 8.01. The number of fused-ring (bicyclic) bond motifs is 1. The van der Waals surface area contributed by atoms with Gasteiger partial charge in [-0.25, -0.2) is 0 Å². The van der Waals surface area contributed by atoms with Crippen molar-refractivity contribution < 1.29 is 23.1 Å². The van der Waals surface area contributed by atoms with Gasteiger partial charge in [-0.3, -0.25) is 4.79 Å². The van der Waals surface area contributed by atoms with E-state index in [4.69, 9.17) is 5.11 Å². The molecule has 0 bridgehead atoms. The van der Waals surface area contributed by atoms with E-state index in [9.17, 15) is 18.0 Å². The van der Waals surface area contributed by atoms with Crippen LogP contribution in [0.1, 0.15) is 36.6 Å². The lowest BCUT2D eigenvalue weighted by molar-refractivity contribution is -0.189. The predicted molar refractivity (Wildman–Crippen MR) is 106 cm³/mol. The number of anilines is 1. The van der Waals surface area contributed by atoms with Gasteiger partial charge < -0.3 is 15.3 Å². The summed E-state index contributed by atoms with van der Waals surface area (Å²) in [6, 6.07) is 12.2. The number of benzene rings is 2.